The van der Waals surface area contributed by atoms with Gasteiger partial charge in [0, 0.05) is 12.1 Å². The molecular weight excluding hydrogens is 222 g/mol. The quantitative estimate of drug-likeness (QED) is 0.287. The second-order valence-corrected chi connectivity index (χ2v) is 4.79. The van der Waals surface area contributed by atoms with Gasteiger partial charge in [0.05, 0.1) is 12.7 Å². The molecule has 0 radical (unpaired) electrons. The first-order valence-electron chi connectivity index (χ1n) is 6.94. The van der Waals surface area contributed by atoms with Gasteiger partial charge in [0.25, 0.3) is 0 Å². The fourth-order valence-electron chi connectivity index (χ4n) is 2.14. The van der Waals surface area contributed by atoms with E-state index in [0.717, 1.165) is 19.3 Å². The Morgan fingerprint density at radius 3 is 1.94 bits per heavy atom. The number of hydrogen-bond acceptors (Lipinski definition) is 3. The SMILES string of the molecule is C#CCN(C(C)CC)C(CC)N(C#N)C(C)CC. The molecule has 0 aliphatic rings. The lowest BCUT2D eigenvalue weighted by molar-refractivity contribution is 0.0364. The lowest BCUT2D eigenvalue weighted by Crippen LogP contribution is -2.52. The van der Waals surface area contributed by atoms with Crippen LogP contribution >= 0.6 is 0 Å². The molecule has 3 unspecified atom stereocenters. The number of rotatable bonds is 8. The monoisotopic (exact) mass is 249 g/mol. The van der Waals surface area contributed by atoms with Crippen molar-refractivity contribution in [1.29, 1.82) is 5.26 Å². The van der Waals surface area contributed by atoms with Gasteiger partial charge in [-0.05, 0) is 33.1 Å². The molecule has 3 heteroatoms. The largest absolute Gasteiger partial charge is 0.291 e. The van der Waals surface area contributed by atoms with Crippen LogP contribution in [0.25, 0.3) is 0 Å². The van der Waals surface area contributed by atoms with Crippen molar-refractivity contribution in [3.63, 3.8) is 0 Å². The number of nitrogens with zero attached hydrogens (tertiary/aromatic N) is 3. The Hall–Kier alpha value is -1.19. The van der Waals surface area contributed by atoms with Crippen molar-refractivity contribution in [2.45, 2.75) is 72.1 Å². The standard InChI is InChI=1S/C15H27N3/c1-7-11-17(13(5)8-2)15(10-4)18(12-16)14(6)9-3/h1,13-15H,8-11H2,2-6H3. The van der Waals surface area contributed by atoms with Crippen molar-refractivity contribution < 1.29 is 0 Å². The summed E-state index contributed by atoms with van der Waals surface area (Å²) in [6.07, 6.45) is 10.8. The third-order valence-corrected chi connectivity index (χ3v) is 3.68. The minimum atomic E-state index is 0.107. The van der Waals surface area contributed by atoms with E-state index in [0.29, 0.717) is 12.6 Å². The molecule has 0 aliphatic heterocycles. The summed E-state index contributed by atoms with van der Waals surface area (Å²) in [5, 5.41) is 9.40. The van der Waals surface area contributed by atoms with Crippen molar-refractivity contribution in [3.8, 4) is 18.5 Å². The zero-order valence-electron chi connectivity index (χ0n) is 12.5. The van der Waals surface area contributed by atoms with E-state index >= 15 is 0 Å². The van der Waals surface area contributed by atoms with E-state index in [1.54, 1.807) is 0 Å². The van der Waals surface area contributed by atoms with Crippen LogP contribution in [0.3, 0.4) is 0 Å². The predicted molar refractivity (Wildman–Crippen MR) is 76.6 cm³/mol. The summed E-state index contributed by atoms with van der Waals surface area (Å²) >= 11 is 0. The lowest BCUT2D eigenvalue weighted by atomic mass is 10.1. The van der Waals surface area contributed by atoms with Crippen LogP contribution in [0.1, 0.15) is 53.9 Å². The summed E-state index contributed by atoms with van der Waals surface area (Å²) < 4.78 is 0. The Balaban J connectivity index is 5.10. The first-order chi connectivity index (χ1) is 8.56. The highest BCUT2D eigenvalue weighted by Gasteiger charge is 2.28. The third-order valence-electron chi connectivity index (χ3n) is 3.68. The van der Waals surface area contributed by atoms with Crippen LogP contribution in [0, 0.1) is 23.8 Å². The molecule has 3 nitrogen and oxygen atoms in total. The zero-order chi connectivity index (χ0) is 14.1. The molecule has 0 aromatic heterocycles. The molecule has 0 heterocycles. The molecule has 0 aromatic rings. The maximum Gasteiger partial charge on any atom is 0.180 e. The van der Waals surface area contributed by atoms with Crippen LogP contribution in [0.2, 0.25) is 0 Å². The van der Waals surface area contributed by atoms with Crippen LogP contribution in [0.15, 0.2) is 0 Å². The molecule has 0 aliphatic carbocycles. The van der Waals surface area contributed by atoms with Crippen molar-refractivity contribution in [2.75, 3.05) is 6.54 Å². The maximum atomic E-state index is 9.40. The number of terminal acetylenes is 1. The minimum absolute atomic E-state index is 0.107. The van der Waals surface area contributed by atoms with Gasteiger partial charge in [0.15, 0.2) is 6.19 Å². The number of nitriles is 1. The fraction of sp³-hybridized carbons (Fsp3) is 0.800. The lowest BCUT2D eigenvalue weighted by Gasteiger charge is -2.41. The highest BCUT2D eigenvalue weighted by Crippen LogP contribution is 2.18. The zero-order valence-corrected chi connectivity index (χ0v) is 12.5. The van der Waals surface area contributed by atoms with E-state index in [4.69, 9.17) is 6.42 Å². The van der Waals surface area contributed by atoms with Crippen molar-refractivity contribution >= 4 is 0 Å². The molecule has 0 N–H and O–H groups in total. The molecule has 3 atom stereocenters. The maximum absolute atomic E-state index is 9.40. The molecule has 0 rings (SSSR count). The Morgan fingerprint density at radius 2 is 1.61 bits per heavy atom. The smallest absolute Gasteiger partial charge is 0.180 e. The Kier molecular flexibility index (Phi) is 8.25. The molecule has 0 amide bonds. The van der Waals surface area contributed by atoms with Crippen LogP contribution in [0.4, 0.5) is 0 Å². The molecular formula is C15H27N3. The van der Waals surface area contributed by atoms with Gasteiger partial charge in [-0.25, -0.2) is 0 Å². The van der Waals surface area contributed by atoms with E-state index in [1.165, 1.54) is 0 Å². The molecule has 0 saturated heterocycles. The van der Waals surface area contributed by atoms with Gasteiger partial charge < -0.3 is 0 Å². The highest BCUT2D eigenvalue weighted by atomic mass is 15.4. The van der Waals surface area contributed by atoms with E-state index < -0.39 is 0 Å². The molecule has 0 saturated carbocycles. The summed E-state index contributed by atoms with van der Waals surface area (Å²) in [6.45, 7) is 11.2. The molecule has 18 heavy (non-hydrogen) atoms. The van der Waals surface area contributed by atoms with E-state index in [1.807, 2.05) is 4.90 Å². The molecule has 0 fully saturated rings. The Labute approximate surface area is 113 Å². The average Bonchev–Trinajstić information content (AvgIpc) is 2.40. The summed E-state index contributed by atoms with van der Waals surface area (Å²) in [7, 11) is 0. The normalized spacial score (nSPS) is 15.6. The van der Waals surface area contributed by atoms with Crippen LogP contribution < -0.4 is 0 Å². The molecule has 102 valence electrons. The van der Waals surface area contributed by atoms with Gasteiger partial charge >= 0.3 is 0 Å². The van der Waals surface area contributed by atoms with E-state index in [2.05, 4.69) is 51.6 Å². The van der Waals surface area contributed by atoms with Gasteiger partial charge in [-0.2, -0.15) is 5.26 Å². The van der Waals surface area contributed by atoms with Gasteiger partial charge in [-0.1, -0.05) is 26.7 Å². The van der Waals surface area contributed by atoms with E-state index in [9.17, 15) is 5.26 Å². The topological polar surface area (TPSA) is 30.3 Å². The average molecular weight is 249 g/mol. The van der Waals surface area contributed by atoms with Crippen molar-refractivity contribution in [1.82, 2.24) is 9.80 Å². The van der Waals surface area contributed by atoms with Gasteiger partial charge in [-0.3, -0.25) is 9.80 Å². The van der Waals surface area contributed by atoms with Crippen LogP contribution in [-0.2, 0) is 0 Å². The minimum Gasteiger partial charge on any atom is -0.291 e. The molecule has 0 bridgehead atoms. The summed E-state index contributed by atoms with van der Waals surface area (Å²) in [5.41, 5.74) is 0. The van der Waals surface area contributed by atoms with Gasteiger partial charge in [0.2, 0.25) is 0 Å². The summed E-state index contributed by atoms with van der Waals surface area (Å²) in [5.74, 6) is 2.72. The van der Waals surface area contributed by atoms with Gasteiger partial charge in [-0.15, -0.1) is 6.42 Å². The Morgan fingerprint density at radius 1 is 1.06 bits per heavy atom. The summed E-state index contributed by atoms with van der Waals surface area (Å²) in [4.78, 5) is 4.15. The van der Waals surface area contributed by atoms with Crippen molar-refractivity contribution in [2.24, 2.45) is 0 Å². The summed E-state index contributed by atoms with van der Waals surface area (Å²) in [6, 6.07) is 0.648. The van der Waals surface area contributed by atoms with E-state index in [-0.39, 0.29) is 12.2 Å². The van der Waals surface area contributed by atoms with Crippen LogP contribution in [0.5, 0.6) is 0 Å². The second-order valence-electron chi connectivity index (χ2n) is 4.79. The van der Waals surface area contributed by atoms with Crippen LogP contribution in [-0.4, -0.2) is 34.6 Å². The molecule has 0 aromatic carbocycles. The third kappa shape index (κ3) is 4.24. The predicted octanol–water partition coefficient (Wildman–Crippen LogP) is 3.04. The van der Waals surface area contributed by atoms with Crippen molar-refractivity contribution in [3.05, 3.63) is 0 Å². The Bertz CT molecular complexity index is 300. The number of hydrogen-bond donors (Lipinski definition) is 0. The first-order valence-corrected chi connectivity index (χ1v) is 6.94. The second kappa shape index (κ2) is 8.84. The highest BCUT2D eigenvalue weighted by molar-refractivity contribution is 4.94. The first kappa shape index (κ1) is 16.8. The fourth-order valence-corrected chi connectivity index (χ4v) is 2.14. The molecule has 0 spiro atoms. The van der Waals surface area contributed by atoms with Gasteiger partial charge in [0.1, 0.15) is 0 Å².